The Morgan fingerprint density at radius 1 is 0.905 bits per heavy atom. The molecule has 21 heavy (non-hydrogen) atoms. The van der Waals surface area contributed by atoms with E-state index in [1.54, 1.807) is 0 Å². The first-order valence-electron chi connectivity index (χ1n) is 6.99. The number of benzene rings is 2. The van der Waals surface area contributed by atoms with Crippen LogP contribution >= 0.6 is 0 Å². The maximum atomic E-state index is 13.4. The number of carbonyl (C=O) groups excluding carboxylic acids is 2. The number of aryl methyl sites for hydroxylation is 1. The zero-order chi connectivity index (χ0) is 14.8. The lowest BCUT2D eigenvalue weighted by atomic mass is 9.80. The first-order chi connectivity index (χ1) is 10.0. The van der Waals surface area contributed by atoms with Crippen LogP contribution in [0.4, 0.5) is 4.39 Å². The zero-order valence-electron chi connectivity index (χ0n) is 11.6. The van der Waals surface area contributed by atoms with E-state index in [1.165, 1.54) is 18.2 Å². The Balaban J connectivity index is 1.86. The number of carbonyl (C=O) groups is 2. The Bertz CT molecular complexity index is 822. The van der Waals surface area contributed by atoms with Gasteiger partial charge in [0, 0.05) is 11.1 Å². The quantitative estimate of drug-likeness (QED) is 0.694. The van der Waals surface area contributed by atoms with Crippen molar-refractivity contribution in [1.82, 2.24) is 0 Å². The molecule has 2 aliphatic rings. The van der Waals surface area contributed by atoms with Gasteiger partial charge in [-0.1, -0.05) is 17.7 Å². The van der Waals surface area contributed by atoms with Crippen LogP contribution in [0.1, 0.15) is 37.4 Å². The average molecular weight is 280 g/mol. The Morgan fingerprint density at radius 2 is 1.62 bits per heavy atom. The maximum absolute atomic E-state index is 13.4. The molecule has 2 nitrogen and oxygen atoms in total. The molecule has 0 aliphatic heterocycles. The summed E-state index contributed by atoms with van der Waals surface area (Å²) < 4.78 is 13.4. The standard InChI is InChI=1S/C18H13FO2/c1-10-2-3-11-8-18(17(21)15(11)6-10)9-12-7-13(19)4-5-14(12)16(18)20/h2-7H,8-9H2,1H3. The van der Waals surface area contributed by atoms with E-state index < -0.39 is 5.41 Å². The lowest BCUT2D eigenvalue weighted by Crippen LogP contribution is -2.34. The smallest absolute Gasteiger partial charge is 0.177 e. The van der Waals surface area contributed by atoms with Crippen LogP contribution in [-0.4, -0.2) is 11.6 Å². The lowest BCUT2D eigenvalue weighted by molar-refractivity contribution is 0.0705. The van der Waals surface area contributed by atoms with Crippen LogP contribution < -0.4 is 0 Å². The second-order valence-corrected chi connectivity index (χ2v) is 6.06. The summed E-state index contributed by atoms with van der Waals surface area (Å²) in [6.07, 6.45) is 0.738. The first-order valence-corrected chi connectivity index (χ1v) is 6.99. The van der Waals surface area contributed by atoms with E-state index >= 15 is 0 Å². The van der Waals surface area contributed by atoms with E-state index in [9.17, 15) is 14.0 Å². The fraction of sp³-hybridized carbons (Fsp3) is 0.222. The monoisotopic (exact) mass is 280 g/mol. The van der Waals surface area contributed by atoms with Gasteiger partial charge >= 0.3 is 0 Å². The molecule has 0 radical (unpaired) electrons. The molecular formula is C18H13FO2. The van der Waals surface area contributed by atoms with Crippen molar-refractivity contribution in [2.75, 3.05) is 0 Å². The van der Waals surface area contributed by atoms with Gasteiger partial charge in [0.1, 0.15) is 11.2 Å². The predicted octanol–water partition coefficient (Wildman–Crippen LogP) is 3.30. The minimum Gasteiger partial charge on any atom is -0.293 e. The summed E-state index contributed by atoms with van der Waals surface area (Å²) in [6, 6.07) is 9.90. The van der Waals surface area contributed by atoms with Crippen molar-refractivity contribution in [2.24, 2.45) is 5.41 Å². The molecule has 1 atom stereocenters. The molecule has 0 saturated carbocycles. The van der Waals surface area contributed by atoms with Crippen molar-refractivity contribution >= 4 is 11.6 Å². The summed E-state index contributed by atoms with van der Waals surface area (Å²) in [5, 5.41) is 0. The summed E-state index contributed by atoms with van der Waals surface area (Å²) >= 11 is 0. The number of ketones is 2. The molecule has 4 rings (SSSR count). The Hall–Kier alpha value is -2.29. The fourth-order valence-corrected chi connectivity index (χ4v) is 3.64. The van der Waals surface area contributed by atoms with Gasteiger partial charge in [0.15, 0.2) is 11.6 Å². The third kappa shape index (κ3) is 1.52. The molecule has 0 N–H and O–H groups in total. The maximum Gasteiger partial charge on any atom is 0.177 e. The van der Waals surface area contributed by atoms with Crippen molar-refractivity contribution in [3.8, 4) is 0 Å². The molecule has 0 bridgehead atoms. The van der Waals surface area contributed by atoms with E-state index in [4.69, 9.17) is 0 Å². The second kappa shape index (κ2) is 3.88. The van der Waals surface area contributed by atoms with E-state index in [2.05, 4.69) is 0 Å². The SMILES string of the molecule is Cc1ccc2c(c1)C(=O)C1(Cc3cc(F)ccc3C1=O)C2. The number of fused-ring (bicyclic) bond motifs is 2. The minimum absolute atomic E-state index is 0.109. The molecule has 1 unspecified atom stereocenters. The van der Waals surface area contributed by atoms with Crippen LogP contribution in [0.3, 0.4) is 0 Å². The van der Waals surface area contributed by atoms with Crippen LogP contribution in [0.2, 0.25) is 0 Å². The topological polar surface area (TPSA) is 34.1 Å². The minimum atomic E-state index is -1.04. The van der Waals surface area contributed by atoms with Crippen molar-refractivity contribution < 1.29 is 14.0 Å². The van der Waals surface area contributed by atoms with Crippen LogP contribution in [-0.2, 0) is 12.8 Å². The van der Waals surface area contributed by atoms with Crippen molar-refractivity contribution in [2.45, 2.75) is 19.8 Å². The van der Waals surface area contributed by atoms with Crippen molar-refractivity contribution in [1.29, 1.82) is 0 Å². The number of hydrogen-bond donors (Lipinski definition) is 0. The normalized spacial score (nSPS) is 22.8. The predicted molar refractivity (Wildman–Crippen MR) is 76.1 cm³/mol. The summed E-state index contributed by atoms with van der Waals surface area (Å²) in [4.78, 5) is 25.6. The van der Waals surface area contributed by atoms with E-state index in [0.717, 1.165) is 11.1 Å². The lowest BCUT2D eigenvalue weighted by Gasteiger charge is -2.18. The molecule has 2 aromatic rings. The zero-order valence-corrected chi connectivity index (χ0v) is 11.6. The molecule has 2 aromatic carbocycles. The number of rotatable bonds is 0. The molecule has 0 aromatic heterocycles. The van der Waals surface area contributed by atoms with Gasteiger partial charge in [-0.2, -0.15) is 0 Å². The van der Waals surface area contributed by atoms with Gasteiger partial charge in [-0.05, 0) is 55.2 Å². The van der Waals surface area contributed by atoms with E-state index in [0.29, 0.717) is 29.5 Å². The number of hydrogen-bond acceptors (Lipinski definition) is 2. The van der Waals surface area contributed by atoms with Crippen molar-refractivity contribution in [3.63, 3.8) is 0 Å². The first kappa shape index (κ1) is 12.5. The Labute approximate surface area is 121 Å². The van der Waals surface area contributed by atoms with Gasteiger partial charge in [-0.25, -0.2) is 4.39 Å². The second-order valence-electron chi connectivity index (χ2n) is 6.06. The molecule has 3 heteroatoms. The Kier molecular flexibility index (Phi) is 2.30. The summed E-state index contributed by atoms with van der Waals surface area (Å²) in [5.41, 5.74) is 2.69. The third-order valence-corrected chi connectivity index (χ3v) is 4.68. The van der Waals surface area contributed by atoms with Gasteiger partial charge in [0.25, 0.3) is 0 Å². The highest BCUT2D eigenvalue weighted by atomic mass is 19.1. The number of halogens is 1. The molecule has 0 heterocycles. The summed E-state index contributed by atoms with van der Waals surface area (Å²) in [5.74, 6) is -0.628. The number of Topliss-reactive ketones (excluding diaryl/α,β-unsaturated/α-hetero) is 2. The molecule has 0 amide bonds. The van der Waals surface area contributed by atoms with Crippen LogP contribution in [0, 0.1) is 18.2 Å². The van der Waals surface area contributed by atoms with Gasteiger partial charge in [0.2, 0.25) is 0 Å². The summed E-state index contributed by atoms with van der Waals surface area (Å²) in [6.45, 7) is 1.93. The van der Waals surface area contributed by atoms with E-state index in [1.807, 2.05) is 25.1 Å². The largest absolute Gasteiger partial charge is 0.293 e. The molecule has 0 saturated heterocycles. The molecular weight excluding hydrogens is 267 g/mol. The highest BCUT2D eigenvalue weighted by Gasteiger charge is 2.55. The average Bonchev–Trinajstić information content (AvgIpc) is 2.88. The van der Waals surface area contributed by atoms with Gasteiger partial charge < -0.3 is 0 Å². The molecule has 1 spiro atoms. The molecule has 104 valence electrons. The summed E-state index contributed by atoms with van der Waals surface area (Å²) in [7, 11) is 0. The van der Waals surface area contributed by atoms with Crippen LogP contribution in [0.5, 0.6) is 0 Å². The third-order valence-electron chi connectivity index (χ3n) is 4.68. The van der Waals surface area contributed by atoms with E-state index in [-0.39, 0.29) is 17.4 Å². The Morgan fingerprint density at radius 3 is 2.43 bits per heavy atom. The van der Waals surface area contributed by atoms with Crippen LogP contribution in [0.15, 0.2) is 36.4 Å². The molecule has 0 fully saturated rings. The van der Waals surface area contributed by atoms with Gasteiger partial charge in [-0.3, -0.25) is 9.59 Å². The molecule has 2 aliphatic carbocycles. The van der Waals surface area contributed by atoms with Crippen molar-refractivity contribution in [3.05, 3.63) is 70.0 Å². The van der Waals surface area contributed by atoms with Crippen LogP contribution in [0.25, 0.3) is 0 Å². The highest BCUT2D eigenvalue weighted by Crippen LogP contribution is 2.47. The fourth-order valence-electron chi connectivity index (χ4n) is 3.64. The van der Waals surface area contributed by atoms with Gasteiger partial charge in [-0.15, -0.1) is 0 Å². The highest BCUT2D eigenvalue weighted by molar-refractivity contribution is 6.24. The van der Waals surface area contributed by atoms with Gasteiger partial charge in [0.05, 0.1) is 0 Å².